The molecule has 0 aliphatic heterocycles. The summed E-state index contributed by atoms with van der Waals surface area (Å²) in [5, 5.41) is 4.99. The van der Waals surface area contributed by atoms with E-state index in [1.165, 1.54) is 4.88 Å². The number of methoxy groups -OCH3 is 2. The number of benzene rings is 1. The Morgan fingerprint density at radius 3 is 2.64 bits per heavy atom. The Kier molecular flexibility index (Phi) is 5.83. The lowest BCUT2D eigenvalue weighted by Crippen LogP contribution is -2.27. The lowest BCUT2D eigenvalue weighted by Gasteiger charge is -2.13. The number of thiophene rings is 1. The van der Waals surface area contributed by atoms with Crippen molar-refractivity contribution in [3.63, 3.8) is 0 Å². The van der Waals surface area contributed by atoms with Gasteiger partial charge < -0.3 is 14.8 Å². The highest BCUT2D eigenvalue weighted by Crippen LogP contribution is 2.28. The number of rotatable bonds is 7. The van der Waals surface area contributed by atoms with Crippen LogP contribution in [0.3, 0.4) is 0 Å². The Balaban J connectivity index is 1.95. The molecule has 0 saturated heterocycles. The molecule has 1 N–H and O–H groups in total. The SMILES string of the molecule is COc1cc(CC(=O)NCCc2cccs2)c(OC)cc1C. The number of nitrogens with one attached hydrogen (secondary N) is 1. The van der Waals surface area contributed by atoms with Crippen LogP contribution in [0.5, 0.6) is 11.5 Å². The molecular formula is C17H21NO3S. The second kappa shape index (κ2) is 7.84. The predicted molar refractivity (Wildman–Crippen MR) is 89.0 cm³/mol. The van der Waals surface area contributed by atoms with Gasteiger partial charge in [-0.25, -0.2) is 0 Å². The zero-order valence-electron chi connectivity index (χ0n) is 13.1. The van der Waals surface area contributed by atoms with E-state index in [2.05, 4.69) is 11.4 Å². The first-order valence-electron chi connectivity index (χ1n) is 7.14. The van der Waals surface area contributed by atoms with Gasteiger partial charge in [-0.1, -0.05) is 6.07 Å². The first kappa shape index (κ1) is 16.4. The van der Waals surface area contributed by atoms with Crippen LogP contribution in [0.25, 0.3) is 0 Å². The van der Waals surface area contributed by atoms with E-state index >= 15 is 0 Å². The van der Waals surface area contributed by atoms with Crippen LogP contribution in [0.15, 0.2) is 29.6 Å². The summed E-state index contributed by atoms with van der Waals surface area (Å²) < 4.78 is 10.7. The quantitative estimate of drug-likeness (QED) is 0.853. The van der Waals surface area contributed by atoms with Gasteiger partial charge in [0.1, 0.15) is 11.5 Å². The Morgan fingerprint density at radius 1 is 1.23 bits per heavy atom. The van der Waals surface area contributed by atoms with E-state index in [4.69, 9.17) is 9.47 Å². The van der Waals surface area contributed by atoms with E-state index in [0.29, 0.717) is 12.3 Å². The van der Waals surface area contributed by atoms with E-state index in [0.717, 1.165) is 23.3 Å². The van der Waals surface area contributed by atoms with Crippen molar-refractivity contribution >= 4 is 17.2 Å². The number of carbonyl (C=O) groups is 1. The molecule has 118 valence electrons. The summed E-state index contributed by atoms with van der Waals surface area (Å²) in [4.78, 5) is 13.4. The molecular weight excluding hydrogens is 298 g/mol. The Labute approximate surface area is 135 Å². The van der Waals surface area contributed by atoms with Gasteiger partial charge in [0, 0.05) is 17.0 Å². The fraction of sp³-hybridized carbons (Fsp3) is 0.353. The van der Waals surface area contributed by atoms with Crippen LogP contribution < -0.4 is 14.8 Å². The van der Waals surface area contributed by atoms with E-state index in [1.807, 2.05) is 30.5 Å². The zero-order valence-corrected chi connectivity index (χ0v) is 14.0. The maximum absolute atomic E-state index is 12.1. The van der Waals surface area contributed by atoms with Gasteiger partial charge in [0.25, 0.3) is 0 Å². The fourth-order valence-corrected chi connectivity index (χ4v) is 2.98. The summed E-state index contributed by atoms with van der Waals surface area (Å²) in [5.74, 6) is 1.47. The third-order valence-corrected chi connectivity index (χ3v) is 4.36. The lowest BCUT2D eigenvalue weighted by molar-refractivity contribution is -0.120. The molecule has 2 rings (SSSR count). The van der Waals surface area contributed by atoms with Gasteiger partial charge in [0.15, 0.2) is 0 Å². The van der Waals surface area contributed by atoms with Gasteiger partial charge >= 0.3 is 0 Å². The van der Waals surface area contributed by atoms with E-state index in [-0.39, 0.29) is 12.3 Å². The van der Waals surface area contributed by atoms with Crippen LogP contribution in [-0.2, 0) is 17.6 Å². The number of hydrogen-bond donors (Lipinski definition) is 1. The number of amides is 1. The van der Waals surface area contributed by atoms with Crippen molar-refractivity contribution in [1.29, 1.82) is 0 Å². The second-order valence-corrected chi connectivity index (χ2v) is 6.02. The monoisotopic (exact) mass is 319 g/mol. The van der Waals surface area contributed by atoms with Crippen molar-refractivity contribution in [2.45, 2.75) is 19.8 Å². The van der Waals surface area contributed by atoms with Crippen LogP contribution in [0.2, 0.25) is 0 Å². The maximum Gasteiger partial charge on any atom is 0.224 e. The Morgan fingerprint density at radius 2 is 2.00 bits per heavy atom. The van der Waals surface area contributed by atoms with Crippen LogP contribution in [-0.4, -0.2) is 26.7 Å². The summed E-state index contributed by atoms with van der Waals surface area (Å²) >= 11 is 1.70. The van der Waals surface area contributed by atoms with Gasteiger partial charge in [-0.2, -0.15) is 0 Å². The Hall–Kier alpha value is -2.01. The standard InChI is InChI=1S/C17H21NO3S/c1-12-9-16(21-3)13(10-15(12)20-2)11-17(19)18-7-6-14-5-4-8-22-14/h4-5,8-10H,6-7,11H2,1-3H3,(H,18,19). The van der Waals surface area contributed by atoms with Gasteiger partial charge in [-0.15, -0.1) is 11.3 Å². The molecule has 1 amide bonds. The third kappa shape index (κ3) is 4.24. The van der Waals surface area contributed by atoms with E-state index in [9.17, 15) is 4.79 Å². The molecule has 1 heterocycles. The molecule has 0 fully saturated rings. The average Bonchev–Trinajstić information content (AvgIpc) is 3.01. The largest absolute Gasteiger partial charge is 0.496 e. The van der Waals surface area contributed by atoms with E-state index < -0.39 is 0 Å². The molecule has 4 nitrogen and oxygen atoms in total. The van der Waals surface area contributed by atoms with Crippen molar-refractivity contribution in [3.05, 3.63) is 45.6 Å². The molecule has 1 aromatic carbocycles. The number of carbonyl (C=O) groups excluding carboxylic acids is 1. The molecule has 0 spiro atoms. The highest BCUT2D eigenvalue weighted by Gasteiger charge is 2.12. The predicted octanol–water partition coefficient (Wildman–Crippen LogP) is 2.98. The highest BCUT2D eigenvalue weighted by atomic mass is 32.1. The third-order valence-electron chi connectivity index (χ3n) is 3.42. The molecule has 0 unspecified atom stereocenters. The molecule has 2 aromatic rings. The van der Waals surface area contributed by atoms with Crippen LogP contribution >= 0.6 is 11.3 Å². The summed E-state index contributed by atoms with van der Waals surface area (Å²) in [5.41, 5.74) is 1.82. The maximum atomic E-state index is 12.1. The second-order valence-electron chi connectivity index (χ2n) is 4.99. The van der Waals surface area contributed by atoms with Crippen LogP contribution in [0.1, 0.15) is 16.0 Å². The van der Waals surface area contributed by atoms with Gasteiger partial charge in [-0.05, 0) is 42.5 Å². The van der Waals surface area contributed by atoms with Crippen molar-refractivity contribution in [2.75, 3.05) is 20.8 Å². The minimum atomic E-state index is -0.0132. The molecule has 22 heavy (non-hydrogen) atoms. The molecule has 5 heteroatoms. The zero-order chi connectivity index (χ0) is 15.9. The van der Waals surface area contributed by atoms with Gasteiger partial charge in [0.05, 0.1) is 20.6 Å². The lowest BCUT2D eigenvalue weighted by atomic mass is 10.1. The van der Waals surface area contributed by atoms with Gasteiger partial charge in [-0.3, -0.25) is 4.79 Å². The number of hydrogen-bond acceptors (Lipinski definition) is 4. The number of ether oxygens (including phenoxy) is 2. The summed E-state index contributed by atoms with van der Waals surface area (Å²) in [6.07, 6.45) is 1.14. The van der Waals surface area contributed by atoms with Crippen molar-refractivity contribution in [3.8, 4) is 11.5 Å². The van der Waals surface area contributed by atoms with E-state index in [1.54, 1.807) is 25.6 Å². The van der Waals surface area contributed by atoms with Crippen LogP contribution in [0.4, 0.5) is 0 Å². The molecule has 0 atom stereocenters. The highest BCUT2D eigenvalue weighted by molar-refractivity contribution is 7.09. The molecule has 0 radical (unpaired) electrons. The Bertz CT molecular complexity index is 623. The normalized spacial score (nSPS) is 10.3. The topological polar surface area (TPSA) is 47.6 Å². The molecule has 1 aromatic heterocycles. The minimum Gasteiger partial charge on any atom is -0.496 e. The summed E-state index contributed by atoms with van der Waals surface area (Å²) in [6, 6.07) is 7.86. The van der Waals surface area contributed by atoms with Crippen molar-refractivity contribution in [1.82, 2.24) is 5.32 Å². The first-order chi connectivity index (χ1) is 10.6. The summed E-state index contributed by atoms with van der Waals surface area (Å²) in [7, 11) is 3.24. The average molecular weight is 319 g/mol. The van der Waals surface area contributed by atoms with Crippen molar-refractivity contribution in [2.24, 2.45) is 0 Å². The first-order valence-corrected chi connectivity index (χ1v) is 8.02. The van der Waals surface area contributed by atoms with Gasteiger partial charge in [0.2, 0.25) is 5.91 Å². The molecule has 0 saturated carbocycles. The van der Waals surface area contributed by atoms with Crippen LogP contribution in [0, 0.1) is 6.92 Å². The molecule has 0 aliphatic rings. The number of aryl methyl sites for hydroxylation is 1. The molecule has 0 aliphatic carbocycles. The smallest absolute Gasteiger partial charge is 0.224 e. The fourth-order valence-electron chi connectivity index (χ4n) is 2.27. The minimum absolute atomic E-state index is 0.0132. The summed E-state index contributed by atoms with van der Waals surface area (Å²) in [6.45, 7) is 2.59. The molecule has 0 bridgehead atoms. The van der Waals surface area contributed by atoms with Crippen molar-refractivity contribution < 1.29 is 14.3 Å².